The molecule has 2 aliphatic carbocycles. The van der Waals surface area contributed by atoms with Crippen LogP contribution >= 0.6 is 0 Å². The molecule has 0 aliphatic heterocycles. The molecule has 3 rings (SSSR count). The molecule has 0 bridgehead atoms. The molecule has 2 aliphatic rings. The molecule has 0 amide bonds. The summed E-state index contributed by atoms with van der Waals surface area (Å²) in [6.45, 7) is 0. The number of allylic oxidation sites excluding steroid dienone is 2. The zero-order valence-corrected chi connectivity index (χ0v) is 10.9. The van der Waals surface area contributed by atoms with Gasteiger partial charge in [-0.3, -0.25) is 4.79 Å². The molecule has 0 aromatic heterocycles. The maximum atomic E-state index is 11.6. The van der Waals surface area contributed by atoms with Gasteiger partial charge in [-0.2, -0.15) is 0 Å². The minimum atomic E-state index is 0.0847. The highest BCUT2D eigenvalue weighted by molar-refractivity contribution is 5.90. The first kappa shape index (κ1) is 12.3. The van der Waals surface area contributed by atoms with E-state index >= 15 is 0 Å². The molecule has 2 nitrogen and oxygen atoms in total. The van der Waals surface area contributed by atoms with E-state index < -0.39 is 0 Å². The van der Waals surface area contributed by atoms with Crippen LogP contribution in [0.2, 0.25) is 0 Å². The lowest BCUT2D eigenvalue weighted by atomic mass is 9.62. The molecule has 0 N–H and O–H groups in total. The fourth-order valence-electron chi connectivity index (χ4n) is 3.71. The van der Waals surface area contributed by atoms with Crippen LogP contribution in [0.15, 0.2) is 42.5 Å². The second kappa shape index (κ2) is 5.12. The second-order valence-corrected chi connectivity index (χ2v) is 5.68. The average molecular weight is 254 g/mol. The van der Waals surface area contributed by atoms with Gasteiger partial charge >= 0.3 is 0 Å². The molecular formula is C17H18O2. The van der Waals surface area contributed by atoms with Crippen LogP contribution in [0.5, 0.6) is 0 Å². The highest BCUT2D eigenvalue weighted by Gasteiger charge is 2.40. The number of carbonyl (C=O) groups is 2. The first-order chi connectivity index (χ1) is 9.29. The number of hydrogen-bond acceptors (Lipinski definition) is 2. The van der Waals surface area contributed by atoms with Crippen LogP contribution in [0.25, 0.3) is 0 Å². The lowest BCUT2D eigenvalue weighted by Crippen LogP contribution is -2.35. The Morgan fingerprint density at radius 2 is 1.89 bits per heavy atom. The van der Waals surface area contributed by atoms with Crippen LogP contribution in [-0.4, -0.2) is 12.1 Å². The van der Waals surface area contributed by atoms with Crippen LogP contribution in [0.3, 0.4) is 0 Å². The van der Waals surface area contributed by atoms with Gasteiger partial charge in [0.15, 0.2) is 5.78 Å². The smallest absolute Gasteiger partial charge is 0.155 e. The Bertz CT molecular complexity index is 503. The first-order valence-corrected chi connectivity index (χ1v) is 7.01. The maximum absolute atomic E-state index is 11.6. The van der Waals surface area contributed by atoms with Gasteiger partial charge in [0.1, 0.15) is 6.29 Å². The van der Waals surface area contributed by atoms with Crippen LogP contribution in [0.4, 0.5) is 0 Å². The summed E-state index contributed by atoms with van der Waals surface area (Å²) in [5.41, 5.74) is 1.23. The van der Waals surface area contributed by atoms with Crippen LogP contribution < -0.4 is 0 Å². The van der Waals surface area contributed by atoms with Crippen LogP contribution in [0.1, 0.15) is 30.7 Å². The number of rotatable bonds is 2. The summed E-state index contributed by atoms with van der Waals surface area (Å²) >= 11 is 0. The largest absolute Gasteiger partial charge is 0.303 e. The third kappa shape index (κ3) is 2.27. The second-order valence-electron chi connectivity index (χ2n) is 5.68. The number of fused-ring (bicyclic) bond motifs is 1. The van der Waals surface area contributed by atoms with Gasteiger partial charge in [0.05, 0.1) is 0 Å². The van der Waals surface area contributed by atoms with Crippen molar-refractivity contribution in [2.75, 3.05) is 0 Å². The van der Waals surface area contributed by atoms with Crippen molar-refractivity contribution in [3.63, 3.8) is 0 Å². The lowest BCUT2D eigenvalue weighted by molar-refractivity contribution is -0.117. The monoisotopic (exact) mass is 254 g/mol. The normalized spacial score (nSPS) is 33.8. The summed E-state index contributed by atoms with van der Waals surface area (Å²) in [4.78, 5) is 22.9. The molecule has 0 unspecified atom stereocenters. The SMILES string of the molecule is O=C[C@@H]1CC[C@H]2CC(=O)C=C[C@@H]2[C@H]1c1ccccc1. The molecule has 0 saturated heterocycles. The zero-order chi connectivity index (χ0) is 13.2. The van der Waals surface area contributed by atoms with Crippen molar-refractivity contribution in [2.24, 2.45) is 17.8 Å². The molecule has 1 aromatic rings. The quantitative estimate of drug-likeness (QED) is 0.760. The molecule has 4 atom stereocenters. The fraction of sp³-hybridized carbons (Fsp3) is 0.412. The summed E-state index contributed by atoms with van der Waals surface area (Å²) < 4.78 is 0. The summed E-state index contributed by atoms with van der Waals surface area (Å²) in [6.07, 6.45) is 7.42. The number of benzene rings is 1. The third-order valence-corrected chi connectivity index (χ3v) is 4.62. The van der Waals surface area contributed by atoms with E-state index in [4.69, 9.17) is 0 Å². The van der Waals surface area contributed by atoms with E-state index in [0.29, 0.717) is 18.3 Å². The van der Waals surface area contributed by atoms with Gasteiger partial charge in [-0.05, 0) is 42.2 Å². The van der Waals surface area contributed by atoms with Gasteiger partial charge in [-0.15, -0.1) is 0 Å². The number of aldehydes is 1. The Morgan fingerprint density at radius 1 is 1.11 bits per heavy atom. The molecular weight excluding hydrogens is 236 g/mol. The molecule has 2 heteroatoms. The lowest BCUT2D eigenvalue weighted by Gasteiger charge is -2.41. The predicted octanol–water partition coefficient (Wildman–Crippen LogP) is 3.14. The summed E-state index contributed by atoms with van der Waals surface area (Å²) in [5, 5.41) is 0. The van der Waals surface area contributed by atoms with E-state index in [0.717, 1.165) is 19.1 Å². The minimum Gasteiger partial charge on any atom is -0.303 e. The van der Waals surface area contributed by atoms with Crippen molar-refractivity contribution in [1.82, 2.24) is 0 Å². The summed E-state index contributed by atoms with van der Waals surface area (Å²) in [6, 6.07) is 10.3. The number of hydrogen-bond donors (Lipinski definition) is 0. The minimum absolute atomic E-state index is 0.0847. The van der Waals surface area contributed by atoms with E-state index in [1.165, 1.54) is 5.56 Å². The van der Waals surface area contributed by atoms with Crippen LogP contribution in [-0.2, 0) is 9.59 Å². The van der Waals surface area contributed by atoms with Crippen molar-refractivity contribution < 1.29 is 9.59 Å². The topological polar surface area (TPSA) is 34.1 Å². The molecule has 19 heavy (non-hydrogen) atoms. The standard InChI is InChI=1S/C17H18O2/c18-11-14-7-6-13-10-15(19)8-9-16(13)17(14)12-4-2-1-3-5-12/h1-5,8-9,11,13-14,16-17H,6-7,10H2/t13-,14-,16-,17-/m0/s1. The van der Waals surface area contributed by atoms with E-state index in [2.05, 4.69) is 12.1 Å². The number of carbonyl (C=O) groups excluding carboxylic acids is 2. The summed E-state index contributed by atoms with van der Waals surface area (Å²) in [7, 11) is 0. The van der Waals surface area contributed by atoms with Crippen molar-refractivity contribution >= 4 is 12.1 Å². The molecule has 0 spiro atoms. The Hall–Kier alpha value is -1.70. The van der Waals surface area contributed by atoms with E-state index in [1.807, 2.05) is 24.3 Å². The molecule has 0 radical (unpaired) electrons. The van der Waals surface area contributed by atoms with Gasteiger partial charge < -0.3 is 4.79 Å². The van der Waals surface area contributed by atoms with Gasteiger partial charge in [-0.25, -0.2) is 0 Å². The van der Waals surface area contributed by atoms with E-state index in [1.54, 1.807) is 6.08 Å². The van der Waals surface area contributed by atoms with Gasteiger partial charge in [0.2, 0.25) is 0 Å². The molecule has 1 aromatic carbocycles. The Morgan fingerprint density at radius 3 is 2.63 bits per heavy atom. The highest BCUT2D eigenvalue weighted by atomic mass is 16.1. The highest BCUT2D eigenvalue weighted by Crippen LogP contribution is 2.47. The van der Waals surface area contributed by atoms with Crippen molar-refractivity contribution in [3.05, 3.63) is 48.0 Å². The van der Waals surface area contributed by atoms with Crippen molar-refractivity contribution in [1.29, 1.82) is 0 Å². The fourth-order valence-corrected chi connectivity index (χ4v) is 3.71. The first-order valence-electron chi connectivity index (χ1n) is 7.01. The zero-order valence-electron chi connectivity index (χ0n) is 10.9. The van der Waals surface area contributed by atoms with Gasteiger partial charge in [0, 0.05) is 12.3 Å². The van der Waals surface area contributed by atoms with Crippen LogP contribution in [0, 0.1) is 17.8 Å². The molecule has 98 valence electrons. The number of ketones is 1. The van der Waals surface area contributed by atoms with Crippen molar-refractivity contribution in [3.8, 4) is 0 Å². The van der Waals surface area contributed by atoms with E-state index in [-0.39, 0.29) is 17.6 Å². The van der Waals surface area contributed by atoms with Gasteiger partial charge in [0.25, 0.3) is 0 Å². The van der Waals surface area contributed by atoms with Crippen molar-refractivity contribution in [2.45, 2.75) is 25.2 Å². The average Bonchev–Trinajstić information content (AvgIpc) is 2.46. The summed E-state index contributed by atoms with van der Waals surface area (Å²) in [5.74, 6) is 1.31. The van der Waals surface area contributed by atoms with Gasteiger partial charge in [-0.1, -0.05) is 36.4 Å². The molecule has 0 heterocycles. The Kier molecular flexibility index (Phi) is 3.33. The Labute approximate surface area is 113 Å². The molecule has 1 saturated carbocycles. The predicted molar refractivity (Wildman–Crippen MR) is 73.7 cm³/mol. The van der Waals surface area contributed by atoms with E-state index in [9.17, 15) is 9.59 Å². The Balaban J connectivity index is 1.98. The molecule has 1 fully saturated rings. The third-order valence-electron chi connectivity index (χ3n) is 4.62. The maximum Gasteiger partial charge on any atom is 0.155 e.